The van der Waals surface area contributed by atoms with Gasteiger partial charge in [-0.15, -0.1) is 0 Å². The predicted molar refractivity (Wildman–Crippen MR) is 82.6 cm³/mol. The van der Waals surface area contributed by atoms with Crippen LogP contribution in [0.2, 0.25) is 10.0 Å². The number of sulfone groups is 1. The van der Waals surface area contributed by atoms with Crippen LogP contribution in [0.25, 0.3) is 0 Å². The topological polar surface area (TPSA) is 54.5 Å². The fourth-order valence-corrected chi connectivity index (χ4v) is 2.63. The third kappa shape index (κ3) is 5.79. The molecule has 0 aliphatic carbocycles. The minimum absolute atomic E-state index is 0.0790. The average molecular weight is 338 g/mol. The summed E-state index contributed by atoms with van der Waals surface area (Å²) in [6.45, 7) is 0.868. The number of benzene rings is 1. The van der Waals surface area contributed by atoms with Gasteiger partial charge in [-0.1, -0.05) is 29.3 Å². The summed E-state index contributed by atoms with van der Waals surface area (Å²) in [5.41, 5.74) is 0.399. The molecule has 0 amide bonds. The molecular formula is C13H17Cl2NO3S. The zero-order chi connectivity index (χ0) is 15.3. The van der Waals surface area contributed by atoms with E-state index < -0.39 is 9.84 Å². The van der Waals surface area contributed by atoms with Gasteiger partial charge < -0.3 is 4.90 Å². The lowest BCUT2D eigenvalue weighted by Gasteiger charge is -2.15. The number of carbonyl (C=O) groups is 1. The van der Waals surface area contributed by atoms with E-state index in [9.17, 15) is 13.2 Å². The molecule has 4 nitrogen and oxygen atoms in total. The zero-order valence-corrected chi connectivity index (χ0v) is 13.7. The Morgan fingerprint density at radius 1 is 1.25 bits per heavy atom. The first-order valence-corrected chi connectivity index (χ1v) is 8.86. The minimum atomic E-state index is -2.99. The Morgan fingerprint density at radius 3 is 2.50 bits per heavy atom. The van der Waals surface area contributed by atoms with Crippen molar-refractivity contribution in [2.45, 2.75) is 6.42 Å². The molecule has 0 fully saturated rings. The molecule has 0 unspecified atom stereocenters. The first-order valence-electron chi connectivity index (χ1n) is 6.04. The zero-order valence-electron chi connectivity index (χ0n) is 11.4. The molecule has 1 rings (SSSR count). The molecule has 0 saturated carbocycles. The van der Waals surface area contributed by atoms with E-state index in [-0.39, 0.29) is 23.0 Å². The van der Waals surface area contributed by atoms with Crippen molar-refractivity contribution in [3.05, 3.63) is 33.8 Å². The average Bonchev–Trinajstić information content (AvgIpc) is 2.36. The molecule has 7 heteroatoms. The maximum absolute atomic E-state index is 12.0. The van der Waals surface area contributed by atoms with Crippen LogP contribution in [0.15, 0.2) is 18.2 Å². The molecule has 0 N–H and O–H groups in total. The fraction of sp³-hybridized carbons (Fsp3) is 0.462. The molecule has 1 aromatic carbocycles. The highest BCUT2D eigenvalue weighted by Crippen LogP contribution is 2.26. The van der Waals surface area contributed by atoms with Gasteiger partial charge in [0.2, 0.25) is 0 Å². The second kappa shape index (κ2) is 7.41. The van der Waals surface area contributed by atoms with Gasteiger partial charge in [0.15, 0.2) is 5.78 Å². The van der Waals surface area contributed by atoms with Crippen molar-refractivity contribution >= 4 is 38.8 Å². The lowest BCUT2D eigenvalue weighted by Crippen LogP contribution is -2.27. The highest BCUT2D eigenvalue weighted by Gasteiger charge is 2.13. The Labute approximate surface area is 129 Å². The smallest absolute Gasteiger partial charge is 0.165 e. The Bertz CT molecular complexity index is 587. The normalized spacial score (nSPS) is 11.8. The van der Waals surface area contributed by atoms with Crippen molar-refractivity contribution in [1.82, 2.24) is 4.90 Å². The molecule has 1 aromatic rings. The van der Waals surface area contributed by atoms with Gasteiger partial charge in [0.1, 0.15) is 9.84 Å². The molecule has 0 bridgehead atoms. The maximum atomic E-state index is 12.0. The number of nitrogens with zero attached hydrogens (tertiary/aromatic N) is 1. The van der Waals surface area contributed by atoms with Crippen molar-refractivity contribution in [2.24, 2.45) is 0 Å². The van der Waals surface area contributed by atoms with Crippen LogP contribution in [0.5, 0.6) is 0 Å². The molecule has 0 atom stereocenters. The largest absolute Gasteiger partial charge is 0.305 e. The summed E-state index contributed by atoms with van der Waals surface area (Å²) >= 11 is 11.8. The second-order valence-corrected chi connectivity index (χ2v) is 7.75. The maximum Gasteiger partial charge on any atom is 0.165 e. The summed E-state index contributed by atoms with van der Waals surface area (Å²) in [5.74, 6) is -0.0287. The summed E-state index contributed by atoms with van der Waals surface area (Å²) < 4.78 is 22.1. The van der Waals surface area contributed by atoms with E-state index in [1.165, 1.54) is 6.26 Å². The minimum Gasteiger partial charge on any atom is -0.305 e. The molecule has 0 radical (unpaired) electrons. The standard InChI is InChI=1S/C13H17Cl2NO3S/c1-16(8-9-20(2,18)19)7-6-12(17)10-4-3-5-11(14)13(10)15/h3-5H,6-9H2,1-2H3. The van der Waals surface area contributed by atoms with Crippen molar-refractivity contribution in [2.75, 3.05) is 32.1 Å². The molecular weight excluding hydrogens is 321 g/mol. The summed E-state index contributed by atoms with van der Waals surface area (Å²) in [5, 5.41) is 0.612. The highest BCUT2D eigenvalue weighted by molar-refractivity contribution is 7.90. The van der Waals surface area contributed by atoms with E-state index in [1.54, 1.807) is 30.1 Å². The number of hydrogen-bond donors (Lipinski definition) is 0. The van der Waals surface area contributed by atoms with Crippen LogP contribution in [0.4, 0.5) is 0 Å². The SMILES string of the molecule is CN(CCC(=O)c1cccc(Cl)c1Cl)CCS(C)(=O)=O. The lowest BCUT2D eigenvalue weighted by molar-refractivity contribution is 0.0970. The van der Waals surface area contributed by atoms with Gasteiger partial charge in [-0.2, -0.15) is 0 Å². The van der Waals surface area contributed by atoms with Gasteiger partial charge in [0, 0.05) is 31.3 Å². The van der Waals surface area contributed by atoms with Crippen LogP contribution >= 0.6 is 23.2 Å². The molecule has 20 heavy (non-hydrogen) atoms. The molecule has 0 heterocycles. The molecule has 0 spiro atoms. The predicted octanol–water partition coefficient (Wildman–Crippen LogP) is 2.54. The van der Waals surface area contributed by atoms with E-state index in [0.717, 1.165) is 0 Å². The van der Waals surface area contributed by atoms with Gasteiger partial charge in [0.25, 0.3) is 0 Å². The van der Waals surface area contributed by atoms with E-state index in [0.29, 0.717) is 23.7 Å². The molecule has 112 valence electrons. The molecule has 0 saturated heterocycles. The first-order chi connectivity index (χ1) is 9.20. The van der Waals surface area contributed by atoms with Crippen LogP contribution in [-0.4, -0.2) is 51.2 Å². The summed E-state index contributed by atoms with van der Waals surface area (Å²) in [6, 6.07) is 4.93. The van der Waals surface area contributed by atoms with E-state index in [4.69, 9.17) is 23.2 Å². The second-order valence-electron chi connectivity index (χ2n) is 4.71. The van der Waals surface area contributed by atoms with Crippen LogP contribution in [0.1, 0.15) is 16.8 Å². The molecule has 0 aliphatic rings. The Hall–Kier alpha value is -0.620. The van der Waals surface area contributed by atoms with Crippen LogP contribution in [0.3, 0.4) is 0 Å². The molecule has 0 aliphatic heterocycles. The number of ketones is 1. The van der Waals surface area contributed by atoms with Crippen LogP contribution < -0.4 is 0 Å². The quantitative estimate of drug-likeness (QED) is 0.717. The van der Waals surface area contributed by atoms with Gasteiger partial charge in [-0.05, 0) is 19.2 Å². The summed E-state index contributed by atoms with van der Waals surface area (Å²) in [4.78, 5) is 13.8. The molecule has 0 aromatic heterocycles. The van der Waals surface area contributed by atoms with E-state index >= 15 is 0 Å². The Kier molecular flexibility index (Phi) is 6.45. The van der Waals surface area contributed by atoms with Crippen molar-refractivity contribution in [3.8, 4) is 0 Å². The van der Waals surface area contributed by atoms with Crippen LogP contribution in [-0.2, 0) is 9.84 Å². The number of hydrogen-bond acceptors (Lipinski definition) is 4. The van der Waals surface area contributed by atoms with Crippen molar-refractivity contribution in [1.29, 1.82) is 0 Å². The van der Waals surface area contributed by atoms with Crippen molar-refractivity contribution in [3.63, 3.8) is 0 Å². The van der Waals surface area contributed by atoms with Gasteiger partial charge >= 0.3 is 0 Å². The van der Waals surface area contributed by atoms with Crippen molar-refractivity contribution < 1.29 is 13.2 Å². The van der Waals surface area contributed by atoms with Crippen LogP contribution in [0, 0.1) is 0 Å². The monoisotopic (exact) mass is 337 g/mol. The number of rotatable bonds is 7. The third-order valence-electron chi connectivity index (χ3n) is 2.82. The third-order valence-corrected chi connectivity index (χ3v) is 4.56. The first kappa shape index (κ1) is 17.4. The van der Waals surface area contributed by atoms with Gasteiger partial charge in [-0.25, -0.2) is 8.42 Å². The summed E-state index contributed by atoms with van der Waals surface area (Å²) in [7, 11) is -1.21. The Balaban J connectivity index is 2.53. The highest BCUT2D eigenvalue weighted by atomic mass is 35.5. The van der Waals surface area contributed by atoms with Gasteiger partial charge in [0.05, 0.1) is 15.8 Å². The summed E-state index contributed by atoms with van der Waals surface area (Å²) in [6.07, 6.45) is 1.46. The van der Waals surface area contributed by atoms with E-state index in [2.05, 4.69) is 0 Å². The van der Waals surface area contributed by atoms with Gasteiger partial charge in [-0.3, -0.25) is 4.79 Å². The number of carbonyl (C=O) groups excluding carboxylic acids is 1. The number of Topliss-reactive ketones (excluding diaryl/α,β-unsaturated/α-hetero) is 1. The number of halogens is 2. The Morgan fingerprint density at radius 2 is 1.90 bits per heavy atom. The fourth-order valence-electron chi connectivity index (χ4n) is 1.58. The lowest BCUT2D eigenvalue weighted by atomic mass is 10.1. The van der Waals surface area contributed by atoms with E-state index in [1.807, 2.05) is 0 Å².